The smallest absolute Gasteiger partial charge is 0.196 e. The van der Waals surface area contributed by atoms with Gasteiger partial charge in [0.1, 0.15) is 17.3 Å². The molecule has 0 aliphatic rings. The minimum atomic E-state index is 0.171. The largest absolute Gasteiger partial charge is 0.491 e. The number of hydrogen-bond acceptors (Lipinski definition) is 4. The zero-order chi connectivity index (χ0) is 15.1. The molecular formula is C16H19N3OS. The molecule has 0 fully saturated rings. The summed E-state index contributed by atoms with van der Waals surface area (Å²) in [5.41, 5.74) is 9.28. The maximum atomic E-state index is 6.28. The number of aryl methyl sites for hydroxylation is 2. The fourth-order valence-corrected chi connectivity index (χ4v) is 3.33. The van der Waals surface area contributed by atoms with Crippen molar-refractivity contribution < 1.29 is 4.74 Å². The maximum Gasteiger partial charge on any atom is 0.196 e. The summed E-state index contributed by atoms with van der Waals surface area (Å²) in [6, 6.07) is 7.92. The molecule has 0 aliphatic carbocycles. The number of anilines is 1. The third kappa shape index (κ3) is 2.38. The van der Waals surface area contributed by atoms with Gasteiger partial charge in [0, 0.05) is 16.1 Å². The van der Waals surface area contributed by atoms with Crippen LogP contribution < -0.4 is 10.5 Å². The van der Waals surface area contributed by atoms with E-state index in [4.69, 9.17) is 10.5 Å². The number of aromatic nitrogens is 2. The van der Waals surface area contributed by atoms with Gasteiger partial charge in [-0.2, -0.15) is 0 Å². The summed E-state index contributed by atoms with van der Waals surface area (Å²) in [4.78, 5) is 6.86. The highest BCUT2D eigenvalue weighted by Gasteiger charge is 2.16. The molecule has 0 amide bonds. The number of ether oxygens (including phenoxy) is 1. The molecule has 0 saturated carbocycles. The summed E-state index contributed by atoms with van der Waals surface area (Å²) in [5, 5.41) is 0. The summed E-state index contributed by atoms with van der Waals surface area (Å²) in [7, 11) is 0. The zero-order valence-electron chi connectivity index (χ0n) is 12.7. The lowest BCUT2D eigenvalue weighted by atomic mass is 10.1. The molecule has 21 heavy (non-hydrogen) atoms. The standard InChI is InChI=1S/C16H19N3OS/c1-9(2)20-13-7-5-12(6-8-13)14-15(17)19-10(3)11(4)21-16(19)18-14/h5-9H,17H2,1-4H3. The van der Waals surface area contributed by atoms with Crippen LogP contribution in [-0.4, -0.2) is 15.5 Å². The van der Waals surface area contributed by atoms with Crippen LogP contribution in [0.1, 0.15) is 24.4 Å². The lowest BCUT2D eigenvalue weighted by Gasteiger charge is -2.09. The molecule has 2 heterocycles. The van der Waals surface area contributed by atoms with Gasteiger partial charge in [0.05, 0.1) is 6.10 Å². The Morgan fingerprint density at radius 1 is 1.19 bits per heavy atom. The highest BCUT2D eigenvalue weighted by Crippen LogP contribution is 2.32. The molecule has 0 unspecified atom stereocenters. The van der Waals surface area contributed by atoms with Crippen LogP contribution in [0.2, 0.25) is 0 Å². The molecule has 0 aliphatic heterocycles. The molecule has 0 bridgehead atoms. The van der Waals surface area contributed by atoms with Gasteiger partial charge in [-0.1, -0.05) is 0 Å². The van der Waals surface area contributed by atoms with Gasteiger partial charge >= 0.3 is 0 Å². The number of thiazole rings is 1. The number of rotatable bonds is 3. The van der Waals surface area contributed by atoms with Crippen LogP contribution in [0.4, 0.5) is 5.82 Å². The molecule has 0 spiro atoms. The monoisotopic (exact) mass is 301 g/mol. The molecular weight excluding hydrogens is 282 g/mol. The molecule has 0 radical (unpaired) electrons. The van der Waals surface area contributed by atoms with Crippen molar-refractivity contribution in [3.8, 4) is 17.0 Å². The Morgan fingerprint density at radius 2 is 1.86 bits per heavy atom. The zero-order valence-corrected chi connectivity index (χ0v) is 13.5. The summed E-state index contributed by atoms with van der Waals surface area (Å²) < 4.78 is 7.68. The van der Waals surface area contributed by atoms with E-state index in [1.807, 2.05) is 42.5 Å². The van der Waals surface area contributed by atoms with Crippen molar-refractivity contribution in [3.05, 3.63) is 34.8 Å². The van der Waals surface area contributed by atoms with Crippen molar-refractivity contribution in [3.63, 3.8) is 0 Å². The van der Waals surface area contributed by atoms with Gasteiger partial charge in [0.2, 0.25) is 0 Å². The summed E-state index contributed by atoms with van der Waals surface area (Å²) in [6.07, 6.45) is 0.171. The van der Waals surface area contributed by atoms with Crippen LogP contribution in [0.3, 0.4) is 0 Å². The topological polar surface area (TPSA) is 52.5 Å². The first-order valence-corrected chi connectivity index (χ1v) is 7.80. The van der Waals surface area contributed by atoms with Gasteiger partial charge in [0.25, 0.3) is 0 Å². The van der Waals surface area contributed by atoms with Gasteiger partial charge < -0.3 is 10.5 Å². The molecule has 0 atom stereocenters. The maximum absolute atomic E-state index is 6.28. The Labute approximate surface area is 128 Å². The van der Waals surface area contributed by atoms with Gasteiger partial charge in [0.15, 0.2) is 4.96 Å². The minimum absolute atomic E-state index is 0.171. The van der Waals surface area contributed by atoms with Crippen molar-refractivity contribution in [2.45, 2.75) is 33.8 Å². The normalized spacial score (nSPS) is 11.5. The number of nitrogens with two attached hydrogens (primary N) is 1. The van der Waals surface area contributed by atoms with Crippen LogP contribution >= 0.6 is 11.3 Å². The average molecular weight is 301 g/mol. The number of benzene rings is 1. The van der Waals surface area contributed by atoms with E-state index in [0.29, 0.717) is 5.82 Å². The molecule has 0 saturated heterocycles. The molecule has 110 valence electrons. The second-order valence-electron chi connectivity index (χ2n) is 5.40. The third-order valence-electron chi connectivity index (χ3n) is 3.47. The van der Waals surface area contributed by atoms with Gasteiger partial charge in [-0.25, -0.2) is 4.98 Å². The van der Waals surface area contributed by atoms with Crippen LogP contribution in [-0.2, 0) is 0 Å². The Hall–Kier alpha value is -2.01. The molecule has 3 aromatic rings. The first-order chi connectivity index (χ1) is 9.97. The fourth-order valence-electron chi connectivity index (χ4n) is 2.35. The van der Waals surface area contributed by atoms with Crippen molar-refractivity contribution in [2.75, 3.05) is 5.73 Å². The highest BCUT2D eigenvalue weighted by molar-refractivity contribution is 7.17. The first kappa shape index (κ1) is 13.9. The Bertz CT molecular complexity index is 784. The van der Waals surface area contributed by atoms with E-state index in [1.54, 1.807) is 11.3 Å². The number of nitrogens with zero attached hydrogens (tertiary/aromatic N) is 2. The fraction of sp³-hybridized carbons (Fsp3) is 0.312. The molecule has 5 heteroatoms. The van der Waals surface area contributed by atoms with Crippen LogP contribution in [0.25, 0.3) is 16.2 Å². The second kappa shape index (κ2) is 5.07. The van der Waals surface area contributed by atoms with Gasteiger partial charge in [-0.05, 0) is 52.0 Å². The Balaban J connectivity index is 2.02. The quantitative estimate of drug-likeness (QED) is 0.794. The minimum Gasteiger partial charge on any atom is -0.491 e. The van der Waals surface area contributed by atoms with E-state index in [2.05, 4.69) is 18.8 Å². The predicted octanol–water partition coefficient (Wildman–Crippen LogP) is 4.05. The van der Waals surface area contributed by atoms with E-state index >= 15 is 0 Å². The highest BCUT2D eigenvalue weighted by atomic mass is 32.1. The number of fused-ring (bicyclic) bond motifs is 1. The van der Waals surface area contributed by atoms with Crippen LogP contribution in [0.15, 0.2) is 24.3 Å². The third-order valence-corrected chi connectivity index (χ3v) is 4.53. The lowest BCUT2D eigenvalue weighted by molar-refractivity contribution is 0.242. The van der Waals surface area contributed by atoms with Crippen molar-refractivity contribution >= 4 is 22.1 Å². The first-order valence-electron chi connectivity index (χ1n) is 6.98. The lowest BCUT2D eigenvalue weighted by Crippen LogP contribution is -2.05. The predicted molar refractivity (Wildman–Crippen MR) is 88.2 cm³/mol. The van der Waals surface area contributed by atoms with Crippen LogP contribution in [0.5, 0.6) is 5.75 Å². The second-order valence-corrected chi connectivity index (χ2v) is 6.58. The SMILES string of the molecule is Cc1sc2nc(-c3ccc(OC(C)C)cc3)c(N)n2c1C. The van der Waals surface area contributed by atoms with Crippen molar-refractivity contribution in [2.24, 2.45) is 0 Å². The Kier molecular flexibility index (Phi) is 3.37. The number of imidazole rings is 1. The molecule has 2 N–H and O–H groups in total. The summed E-state index contributed by atoms with van der Waals surface area (Å²) >= 11 is 1.67. The summed E-state index contributed by atoms with van der Waals surface area (Å²) in [6.45, 7) is 8.19. The van der Waals surface area contributed by atoms with E-state index < -0.39 is 0 Å². The molecule has 2 aromatic heterocycles. The number of hydrogen-bond donors (Lipinski definition) is 1. The van der Waals surface area contributed by atoms with Crippen molar-refractivity contribution in [1.29, 1.82) is 0 Å². The van der Waals surface area contributed by atoms with Crippen LogP contribution in [0, 0.1) is 13.8 Å². The van der Waals surface area contributed by atoms with Gasteiger partial charge in [-0.3, -0.25) is 4.40 Å². The van der Waals surface area contributed by atoms with E-state index in [9.17, 15) is 0 Å². The van der Waals surface area contributed by atoms with E-state index in [0.717, 1.165) is 27.7 Å². The average Bonchev–Trinajstić information content (AvgIpc) is 2.89. The van der Waals surface area contributed by atoms with E-state index in [1.165, 1.54) is 4.88 Å². The molecule has 4 nitrogen and oxygen atoms in total. The van der Waals surface area contributed by atoms with Gasteiger partial charge in [-0.15, -0.1) is 11.3 Å². The molecule has 1 aromatic carbocycles. The molecule has 3 rings (SSSR count). The summed E-state index contributed by atoms with van der Waals surface area (Å²) in [5.74, 6) is 1.56. The Morgan fingerprint density at radius 3 is 2.43 bits per heavy atom. The van der Waals surface area contributed by atoms with Crippen molar-refractivity contribution in [1.82, 2.24) is 9.38 Å². The van der Waals surface area contributed by atoms with E-state index in [-0.39, 0.29) is 6.10 Å². The number of nitrogen functional groups attached to an aromatic ring is 1.